The Kier molecular flexibility index (Phi) is 6.44. The maximum Gasteiger partial charge on any atom is 0.307 e. The van der Waals surface area contributed by atoms with Crippen LogP contribution in [0.1, 0.15) is 19.8 Å². The second kappa shape index (κ2) is 7.40. The van der Waals surface area contributed by atoms with E-state index < -0.39 is 21.9 Å². The molecule has 1 atom stereocenters. The standard InChI is InChI=1S/C12H15BrClNO4S/c1-2-3-8(12(16)17)7-15-20(18,19)11-5-4-9(13)6-10(11)14/h4-6,8,15H,2-3,7H2,1H3,(H,16,17). The summed E-state index contributed by atoms with van der Waals surface area (Å²) in [5.74, 6) is -1.76. The second-order valence-electron chi connectivity index (χ2n) is 4.25. The molecule has 1 aromatic rings. The van der Waals surface area contributed by atoms with Crippen LogP contribution in [0.3, 0.4) is 0 Å². The zero-order chi connectivity index (χ0) is 15.3. The predicted molar refractivity (Wildman–Crippen MR) is 80.4 cm³/mol. The maximum atomic E-state index is 12.1. The lowest BCUT2D eigenvalue weighted by Crippen LogP contribution is -2.33. The second-order valence-corrected chi connectivity index (χ2v) is 7.31. The summed E-state index contributed by atoms with van der Waals surface area (Å²) < 4.78 is 27.1. The molecular formula is C12H15BrClNO4S. The first-order chi connectivity index (χ1) is 9.27. The summed E-state index contributed by atoms with van der Waals surface area (Å²) in [7, 11) is -3.82. The number of carbonyl (C=O) groups is 1. The Morgan fingerprint density at radius 3 is 2.65 bits per heavy atom. The highest BCUT2D eigenvalue weighted by atomic mass is 79.9. The van der Waals surface area contributed by atoms with Crippen LogP contribution in [-0.4, -0.2) is 26.0 Å². The molecule has 0 spiro atoms. The molecule has 0 bridgehead atoms. The van der Waals surface area contributed by atoms with Gasteiger partial charge in [0.2, 0.25) is 10.0 Å². The molecule has 1 rings (SSSR count). The molecule has 1 unspecified atom stereocenters. The van der Waals surface area contributed by atoms with Crippen molar-refractivity contribution in [3.63, 3.8) is 0 Å². The number of carboxylic acid groups (broad SMARTS) is 1. The van der Waals surface area contributed by atoms with Gasteiger partial charge in [-0.25, -0.2) is 13.1 Å². The van der Waals surface area contributed by atoms with E-state index >= 15 is 0 Å². The van der Waals surface area contributed by atoms with Crippen molar-refractivity contribution < 1.29 is 18.3 Å². The van der Waals surface area contributed by atoms with Crippen molar-refractivity contribution in [2.24, 2.45) is 5.92 Å². The lowest BCUT2D eigenvalue weighted by Gasteiger charge is -2.13. The van der Waals surface area contributed by atoms with Gasteiger partial charge < -0.3 is 5.11 Å². The van der Waals surface area contributed by atoms with Gasteiger partial charge in [0.1, 0.15) is 4.90 Å². The number of nitrogens with one attached hydrogen (secondary N) is 1. The van der Waals surface area contributed by atoms with E-state index in [4.69, 9.17) is 16.7 Å². The van der Waals surface area contributed by atoms with Crippen molar-refractivity contribution in [1.82, 2.24) is 4.72 Å². The van der Waals surface area contributed by atoms with Gasteiger partial charge in [-0.05, 0) is 24.6 Å². The van der Waals surface area contributed by atoms with Crippen molar-refractivity contribution >= 4 is 43.5 Å². The van der Waals surface area contributed by atoms with Crippen molar-refractivity contribution in [3.8, 4) is 0 Å². The SMILES string of the molecule is CCCC(CNS(=O)(=O)c1ccc(Br)cc1Cl)C(=O)O. The predicted octanol–water partition coefficient (Wildman–Crippen LogP) is 2.88. The van der Waals surface area contributed by atoms with Gasteiger partial charge in [-0.15, -0.1) is 0 Å². The van der Waals surface area contributed by atoms with Gasteiger partial charge in [0.25, 0.3) is 0 Å². The van der Waals surface area contributed by atoms with Crippen LogP contribution in [0.15, 0.2) is 27.6 Å². The minimum Gasteiger partial charge on any atom is -0.481 e. The van der Waals surface area contributed by atoms with E-state index in [2.05, 4.69) is 20.7 Å². The maximum absolute atomic E-state index is 12.1. The fourth-order valence-electron chi connectivity index (χ4n) is 1.64. The van der Waals surface area contributed by atoms with Gasteiger partial charge in [-0.1, -0.05) is 40.9 Å². The summed E-state index contributed by atoms with van der Waals surface area (Å²) in [6.07, 6.45) is 1.07. The minimum absolute atomic E-state index is 0.0667. The van der Waals surface area contributed by atoms with Gasteiger partial charge >= 0.3 is 5.97 Å². The number of sulfonamides is 1. The van der Waals surface area contributed by atoms with E-state index in [-0.39, 0.29) is 16.5 Å². The van der Waals surface area contributed by atoms with Gasteiger partial charge in [0, 0.05) is 11.0 Å². The summed E-state index contributed by atoms with van der Waals surface area (Å²) in [5, 5.41) is 9.07. The highest BCUT2D eigenvalue weighted by Gasteiger charge is 2.22. The van der Waals surface area contributed by atoms with E-state index in [9.17, 15) is 13.2 Å². The van der Waals surface area contributed by atoms with Crippen LogP contribution in [0, 0.1) is 5.92 Å². The number of halogens is 2. The minimum atomic E-state index is -3.82. The summed E-state index contributed by atoms with van der Waals surface area (Å²) in [6, 6.07) is 4.39. The van der Waals surface area contributed by atoms with Gasteiger partial charge in [-0.2, -0.15) is 0 Å². The molecule has 0 amide bonds. The van der Waals surface area contributed by atoms with Crippen LogP contribution in [0.2, 0.25) is 5.02 Å². The first-order valence-corrected chi connectivity index (χ1v) is 8.61. The van der Waals surface area contributed by atoms with E-state index in [1.165, 1.54) is 12.1 Å². The summed E-state index contributed by atoms with van der Waals surface area (Å²) >= 11 is 9.08. The molecule has 0 radical (unpaired) electrons. The van der Waals surface area contributed by atoms with Crippen LogP contribution in [0.4, 0.5) is 0 Å². The van der Waals surface area contributed by atoms with Crippen molar-refractivity contribution in [2.45, 2.75) is 24.7 Å². The largest absolute Gasteiger partial charge is 0.481 e. The summed E-state index contributed by atoms with van der Waals surface area (Å²) in [4.78, 5) is 10.9. The summed E-state index contributed by atoms with van der Waals surface area (Å²) in [5.41, 5.74) is 0. The third-order valence-corrected chi connectivity index (χ3v) is 5.09. The van der Waals surface area contributed by atoms with Crippen LogP contribution in [0.5, 0.6) is 0 Å². The smallest absolute Gasteiger partial charge is 0.307 e. The fourth-order valence-corrected chi connectivity index (χ4v) is 3.76. The monoisotopic (exact) mass is 383 g/mol. The van der Waals surface area contributed by atoms with E-state index in [0.717, 1.165) is 0 Å². The molecule has 1 aromatic carbocycles. The molecule has 5 nitrogen and oxygen atoms in total. The molecule has 0 heterocycles. The number of carboxylic acids is 1. The van der Waals surface area contributed by atoms with E-state index in [1.54, 1.807) is 6.07 Å². The Labute approximate surface area is 131 Å². The molecule has 0 aromatic heterocycles. The summed E-state index contributed by atoms with van der Waals surface area (Å²) in [6.45, 7) is 1.69. The highest BCUT2D eigenvalue weighted by Crippen LogP contribution is 2.25. The Morgan fingerprint density at radius 2 is 2.15 bits per heavy atom. The lowest BCUT2D eigenvalue weighted by molar-refractivity contribution is -0.141. The van der Waals surface area contributed by atoms with Crippen LogP contribution in [0.25, 0.3) is 0 Å². The average molecular weight is 385 g/mol. The van der Waals surface area contributed by atoms with Crippen molar-refractivity contribution in [1.29, 1.82) is 0 Å². The van der Waals surface area contributed by atoms with Crippen molar-refractivity contribution in [3.05, 3.63) is 27.7 Å². The molecule has 0 aliphatic rings. The zero-order valence-electron chi connectivity index (χ0n) is 10.8. The van der Waals surface area contributed by atoms with Crippen molar-refractivity contribution in [2.75, 3.05) is 6.54 Å². The molecule has 0 fully saturated rings. The number of benzene rings is 1. The van der Waals surface area contributed by atoms with Gasteiger partial charge in [0.05, 0.1) is 10.9 Å². The molecule has 2 N–H and O–H groups in total. The van der Waals surface area contributed by atoms with Crippen LogP contribution >= 0.6 is 27.5 Å². The Hall–Kier alpha value is -0.630. The quantitative estimate of drug-likeness (QED) is 0.757. The Balaban J connectivity index is 2.87. The molecule has 8 heteroatoms. The van der Waals surface area contributed by atoms with Gasteiger partial charge in [0.15, 0.2) is 0 Å². The number of aliphatic carboxylic acids is 1. The molecule has 0 saturated carbocycles. The Morgan fingerprint density at radius 1 is 1.50 bits per heavy atom. The molecular weight excluding hydrogens is 370 g/mol. The molecule has 112 valence electrons. The number of rotatable bonds is 7. The van der Waals surface area contributed by atoms with Crippen LogP contribution < -0.4 is 4.72 Å². The Bertz CT molecular complexity index is 591. The number of hydrogen-bond acceptors (Lipinski definition) is 3. The molecule has 0 saturated heterocycles. The highest BCUT2D eigenvalue weighted by molar-refractivity contribution is 9.10. The number of hydrogen-bond donors (Lipinski definition) is 2. The third-order valence-electron chi connectivity index (χ3n) is 2.69. The molecule has 0 aliphatic heterocycles. The third kappa shape index (κ3) is 4.73. The molecule has 20 heavy (non-hydrogen) atoms. The average Bonchev–Trinajstić information content (AvgIpc) is 2.33. The first-order valence-electron chi connectivity index (χ1n) is 5.95. The molecule has 0 aliphatic carbocycles. The normalized spacial score (nSPS) is 13.2. The first kappa shape index (κ1) is 17.4. The van der Waals surface area contributed by atoms with E-state index in [0.29, 0.717) is 17.3 Å². The lowest BCUT2D eigenvalue weighted by atomic mass is 10.1. The fraction of sp³-hybridized carbons (Fsp3) is 0.417. The van der Waals surface area contributed by atoms with Crippen LogP contribution in [-0.2, 0) is 14.8 Å². The zero-order valence-corrected chi connectivity index (χ0v) is 13.9. The topological polar surface area (TPSA) is 83.5 Å². The van der Waals surface area contributed by atoms with Gasteiger partial charge in [-0.3, -0.25) is 4.79 Å². The van der Waals surface area contributed by atoms with E-state index in [1.807, 2.05) is 6.92 Å².